The Hall–Kier alpha value is -2.68. The molecule has 96 valence electrons. The number of nitriles is 1. The van der Waals surface area contributed by atoms with Gasteiger partial charge in [-0.3, -0.25) is 9.36 Å². The fourth-order valence-electron chi connectivity index (χ4n) is 1.75. The molecular formula is C13H13N5O. The minimum absolute atomic E-state index is 0.0218. The zero-order valence-electron chi connectivity index (χ0n) is 10.5. The first kappa shape index (κ1) is 12.8. The average molecular weight is 255 g/mol. The van der Waals surface area contributed by atoms with Gasteiger partial charge >= 0.3 is 0 Å². The van der Waals surface area contributed by atoms with Gasteiger partial charge < -0.3 is 5.32 Å². The Balaban J connectivity index is 2.08. The van der Waals surface area contributed by atoms with Crippen molar-refractivity contribution in [3.8, 4) is 6.07 Å². The lowest BCUT2D eigenvalue weighted by Crippen LogP contribution is -2.20. The molecular weight excluding hydrogens is 242 g/mol. The van der Waals surface area contributed by atoms with Gasteiger partial charge in [-0.15, -0.1) is 10.2 Å². The number of carbonyl (C=O) groups is 1. The van der Waals surface area contributed by atoms with Crippen LogP contribution in [0.1, 0.15) is 18.3 Å². The number of anilines is 1. The molecule has 1 aromatic carbocycles. The Morgan fingerprint density at radius 3 is 3.00 bits per heavy atom. The lowest BCUT2D eigenvalue weighted by atomic mass is 10.1. The zero-order chi connectivity index (χ0) is 13.7. The van der Waals surface area contributed by atoms with E-state index in [4.69, 9.17) is 5.26 Å². The van der Waals surface area contributed by atoms with Crippen molar-refractivity contribution in [1.82, 2.24) is 14.8 Å². The molecule has 0 bridgehead atoms. The molecule has 0 unspecified atom stereocenters. The van der Waals surface area contributed by atoms with Gasteiger partial charge in [0.05, 0.1) is 0 Å². The number of aromatic nitrogens is 3. The SMILES string of the molecule is CCc1ccccc1NC(=O)Cn1cnnc1C#N. The lowest BCUT2D eigenvalue weighted by molar-refractivity contribution is -0.116. The molecule has 0 aliphatic rings. The van der Waals surface area contributed by atoms with Gasteiger partial charge in [0, 0.05) is 5.69 Å². The van der Waals surface area contributed by atoms with Crippen LogP contribution in [0.25, 0.3) is 0 Å². The third-order valence-corrected chi connectivity index (χ3v) is 2.70. The smallest absolute Gasteiger partial charge is 0.244 e. The van der Waals surface area contributed by atoms with Crippen LogP contribution in [-0.4, -0.2) is 20.7 Å². The van der Waals surface area contributed by atoms with E-state index in [1.807, 2.05) is 37.3 Å². The molecule has 2 rings (SSSR count). The van der Waals surface area contributed by atoms with E-state index in [1.165, 1.54) is 10.9 Å². The number of amides is 1. The Labute approximate surface area is 110 Å². The van der Waals surface area contributed by atoms with Crippen LogP contribution in [0.15, 0.2) is 30.6 Å². The maximum atomic E-state index is 11.9. The number of hydrogen-bond donors (Lipinski definition) is 1. The second-order valence-corrected chi connectivity index (χ2v) is 3.95. The molecule has 0 aliphatic heterocycles. The number of carbonyl (C=O) groups excluding carboxylic acids is 1. The lowest BCUT2D eigenvalue weighted by Gasteiger charge is -2.09. The van der Waals surface area contributed by atoms with Crippen molar-refractivity contribution >= 4 is 11.6 Å². The maximum absolute atomic E-state index is 11.9. The number of benzene rings is 1. The van der Waals surface area contributed by atoms with Crippen LogP contribution in [0.5, 0.6) is 0 Å². The minimum atomic E-state index is -0.211. The predicted octanol–water partition coefficient (Wildman–Crippen LogP) is 1.35. The summed E-state index contributed by atoms with van der Waals surface area (Å²) in [5.74, 6) is -0.0869. The standard InChI is InChI=1S/C13H13N5O/c1-2-10-5-3-4-6-11(10)16-13(19)8-18-9-15-17-12(18)7-14/h3-6,9H,2,8H2,1H3,(H,16,19). The van der Waals surface area contributed by atoms with Gasteiger partial charge in [-0.2, -0.15) is 5.26 Å². The van der Waals surface area contributed by atoms with Crippen LogP contribution in [0.2, 0.25) is 0 Å². The van der Waals surface area contributed by atoms with Crippen LogP contribution in [-0.2, 0) is 17.8 Å². The van der Waals surface area contributed by atoms with Crippen LogP contribution in [0, 0.1) is 11.3 Å². The van der Waals surface area contributed by atoms with E-state index in [-0.39, 0.29) is 18.3 Å². The molecule has 0 atom stereocenters. The number of para-hydroxylation sites is 1. The summed E-state index contributed by atoms with van der Waals surface area (Å²) in [6.45, 7) is 2.05. The van der Waals surface area contributed by atoms with Gasteiger partial charge in [0.1, 0.15) is 18.9 Å². The molecule has 0 spiro atoms. The number of nitrogens with one attached hydrogen (secondary N) is 1. The minimum Gasteiger partial charge on any atom is -0.324 e. The Bertz CT molecular complexity index is 626. The number of nitrogens with zero attached hydrogens (tertiary/aromatic N) is 4. The molecule has 6 heteroatoms. The average Bonchev–Trinajstić information content (AvgIpc) is 2.86. The molecule has 2 aromatic rings. The molecule has 0 fully saturated rings. The first-order valence-corrected chi connectivity index (χ1v) is 5.90. The maximum Gasteiger partial charge on any atom is 0.244 e. The predicted molar refractivity (Wildman–Crippen MR) is 69.2 cm³/mol. The van der Waals surface area contributed by atoms with Crippen LogP contribution in [0.3, 0.4) is 0 Å². The van der Waals surface area contributed by atoms with Crippen molar-refractivity contribution in [2.24, 2.45) is 0 Å². The summed E-state index contributed by atoms with van der Waals surface area (Å²) in [6, 6.07) is 9.50. The zero-order valence-corrected chi connectivity index (χ0v) is 10.5. The van der Waals surface area contributed by atoms with Crippen molar-refractivity contribution in [2.75, 3.05) is 5.32 Å². The fourth-order valence-corrected chi connectivity index (χ4v) is 1.75. The first-order chi connectivity index (χ1) is 9.24. The van der Waals surface area contributed by atoms with Gasteiger partial charge in [-0.1, -0.05) is 25.1 Å². The summed E-state index contributed by atoms with van der Waals surface area (Å²) in [7, 11) is 0. The Kier molecular flexibility index (Phi) is 3.88. The molecule has 1 aromatic heterocycles. The van der Waals surface area contributed by atoms with Gasteiger partial charge in [-0.25, -0.2) is 0 Å². The highest BCUT2D eigenvalue weighted by Crippen LogP contribution is 2.15. The monoisotopic (exact) mass is 255 g/mol. The van der Waals surface area contributed by atoms with Gasteiger partial charge in [-0.05, 0) is 18.1 Å². The van der Waals surface area contributed by atoms with Crippen LogP contribution in [0.4, 0.5) is 5.69 Å². The van der Waals surface area contributed by atoms with Crippen molar-refractivity contribution in [1.29, 1.82) is 5.26 Å². The normalized spacial score (nSPS) is 9.89. The second-order valence-electron chi connectivity index (χ2n) is 3.95. The number of rotatable bonds is 4. The van der Waals surface area contributed by atoms with E-state index in [9.17, 15) is 4.79 Å². The highest BCUT2D eigenvalue weighted by molar-refractivity contribution is 5.91. The van der Waals surface area contributed by atoms with Gasteiger partial charge in [0.2, 0.25) is 11.7 Å². The summed E-state index contributed by atoms with van der Waals surface area (Å²) >= 11 is 0. The molecule has 19 heavy (non-hydrogen) atoms. The summed E-state index contributed by atoms with van der Waals surface area (Å²) in [6.07, 6.45) is 2.20. The topological polar surface area (TPSA) is 83.6 Å². The third-order valence-electron chi connectivity index (χ3n) is 2.70. The molecule has 0 radical (unpaired) electrons. The molecule has 6 nitrogen and oxygen atoms in total. The van der Waals surface area contributed by atoms with E-state index in [1.54, 1.807) is 0 Å². The highest BCUT2D eigenvalue weighted by atomic mass is 16.1. The van der Waals surface area contributed by atoms with E-state index < -0.39 is 0 Å². The van der Waals surface area contributed by atoms with Gasteiger partial charge in [0.25, 0.3) is 0 Å². The van der Waals surface area contributed by atoms with E-state index in [0.29, 0.717) is 0 Å². The quantitative estimate of drug-likeness (QED) is 0.893. The van der Waals surface area contributed by atoms with E-state index >= 15 is 0 Å². The molecule has 1 heterocycles. The summed E-state index contributed by atoms with van der Waals surface area (Å²) in [4.78, 5) is 11.9. The molecule has 1 N–H and O–H groups in total. The molecule has 0 aliphatic carbocycles. The number of hydrogen-bond acceptors (Lipinski definition) is 4. The molecule has 0 saturated carbocycles. The molecule has 1 amide bonds. The first-order valence-electron chi connectivity index (χ1n) is 5.90. The van der Waals surface area contributed by atoms with Crippen LogP contribution >= 0.6 is 0 Å². The summed E-state index contributed by atoms with van der Waals surface area (Å²) in [5, 5.41) is 18.8. The Morgan fingerprint density at radius 1 is 1.47 bits per heavy atom. The van der Waals surface area contributed by atoms with Crippen molar-refractivity contribution in [3.05, 3.63) is 42.0 Å². The fraction of sp³-hybridized carbons (Fsp3) is 0.231. The molecule has 0 saturated heterocycles. The number of aryl methyl sites for hydroxylation is 1. The van der Waals surface area contributed by atoms with E-state index in [2.05, 4.69) is 15.5 Å². The summed E-state index contributed by atoms with van der Waals surface area (Å²) < 4.78 is 1.41. The highest BCUT2D eigenvalue weighted by Gasteiger charge is 2.09. The van der Waals surface area contributed by atoms with Crippen molar-refractivity contribution in [2.45, 2.75) is 19.9 Å². The van der Waals surface area contributed by atoms with Gasteiger partial charge in [0.15, 0.2) is 0 Å². The van der Waals surface area contributed by atoms with Crippen LogP contribution < -0.4 is 5.32 Å². The third kappa shape index (κ3) is 2.96. The summed E-state index contributed by atoms with van der Waals surface area (Å²) in [5.41, 5.74) is 1.86. The largest absolute Gasteiger partial charge is 0.324 e. The van der Waals surface area contributed by atoms with Crippen molar-refractivity contribution < 1.29 is 4.79 Å². The second kappa shape index (κ2) is 5.78. The Morgan fingerprint density at radius 2 is 2.26 bits per heavy atom. The van der Waals surface area contributed by atoms with E-state index in [0.717, 1.165) is 17.7 Å². The van der Waals surface area contributed by atoms with Crippen molar-refractivity contribution in [3.63, 3.8) is 0 Å².